The number of aliphatic hydroxyl groups is 1. The molecule has 0 atom stereocenters. The summed E-state index contributed by atoms with van der Waals surface area (Å²) in [4.78, 5) is 11.9. The molecule has 0 saturated heterocycles. The number of rotatable bonds is 5. The summed E-state index contributed by atoms with van der Waals surface area (Å²) in [5, 5.41) is 8.87. The Bertz CT molecular complexity index is 339. The summed E-state index contributed by atoms with van der Waals surface area (Å²) in [6, 6.07) is 9.16. The molecule has 0 aliphatic rings. The highest BCUT2D eigenvalue weighted by Gasteiger charge is 2.10. The lowest BCUT2D eigenvalue weighted by molar-refractivity contribution is 0.102. The van der Waals surface area contributed by atoms with Crippen molar-refractivity contribution in [3.8, 4) is 0 Å². The van der Waals surface area contributed by atoms with Crippen LogP contribution in [0, 0.1) is 0 Å². The van der Waals surface area contributed by atoms with E-state index in [0.29, 0.717) is 17.6 Å². The average Bonchev–Trinajstić information content (AvgIpc) is 2.29. The van der Waals surface area contributed by atoms with Gasteiger partial charge in [-0.25, -0.2) is 0 Å². The zero-order chi connectivity index (χ0) is 11.1. The molecular formula is C13H16O2. The lowest BCUT2D eigenvalue weighted by atomic mass is 10.0. The maximum atomic E-state index is 11.9. The zero-order valence-electron chi connectivity index (χ0n) is 8.94. The molecular weight excluding hydrogens is 188 g/mol. The summed E-state index contributed by atoms with van der Waals surface area (Å²) >= 11 is 0. The predicted molar refractivity (Wildman–Crippen MR) is 60.8 cm³/mol. The lowest BCUT2D eigenvalue weighted by Gasteiger charge is -2.04. The minimum atomic E-state index is 0.0183. The van der Waals surface area contributed by atoms with Crippen molar-refractivity contribution in [3.05, 3.63) is 47.5 Å². The van der Waals surface area contributed by atoms with E-state index < -0.39 is 0 Å². The van der Waals surface area contributed by atoms with Gasteiger partial charge in [-0.05, 0) is 18.4 Å². The Balaban J connectivity index is 2.86. The standard InChI is InChI=1S/C13H16O2/c1-2-6-11(9-10-14)13(15)12-7-4-3-5-8-12/h3-8,14H,2,9-10H2,1H3/b11-6+. The molecule has 80 valence electrons. The second kappa shape index (κ2) is 6.14. The molecule has 1 aromatic rings. The van der Waals surface area contributed by atoms with E-state index >= 15 is 0 Å². The van der Waals surface area contributed by atoms with E-state index in [-0.39, 0.29) is 12.4 Å². The van der Waals surface area contributed by atoms with Crippen molar-refractivity contribution < 1.29 is 9.90 Å². The van der Waals surface area contributed by atoms with Crippen molar-refractivity contribution in [2.24, 2.45) is 0 Å². The maximum Gasteiger partial charge on any atom is 0.188 e. The van der Waals surface area contributed by atoms with Crippen molar-refractivity contribution in [2.45, 2.75) is 19.8 Å². The number of aliphatic hydroxyl groups excluding tert-OH is 1. The van der Waals surface area contributed by atoms with Gasteiger partial charge in [0, 0.05) is 12.2 Å². The van der Waals surface area contributed by atoms with Crippen LogP contribution in [0.3, 0.4) is 0 Å². The Hall–Kier alpha value is -1.41. The van der Waals surface area contributed by atoms with E-state index in [1.807, 2.05) is 31.2 Å². The maximum absolute atomic E-state index is 11.9. The van der Waals surface area contributed by atoms with Crippen LogP contribution >= 0.6 is 0 Å². The normalized spacial score (nSPS) is 11.5. The highest BCUT2D eigenvalue weighted by atomic mass is 16.3. The van der Waals surface area contributed by atoms with Crippen LogP contribution in [0.1, 0.15) is 30.1 Å². The number of carbonyl (C=O) groups is 1. The van der Waals surface area contributed by atoms with Crippen molar-refractivity contribution in [1.29, 1.82) is 0 Å². The molecule has 15 heavy (non-hydrogen) atoms. The molecule has 0 aliphatic heterocycles. The number of Topliss-reactive ketones (excluding diaryl/α,β-unsaturated/α-hetero) is 1. The van der Waals surface area contributed by atoms with Gasteiger partial charge in [0.1, 0.15) is 0 Å². The third kappa shape index (κ3) is 3.33. The Kier molecular flexibility index (Phi) is 4.78. The molecule has 0 amide bonds. The summed E-state index contributed by atoms with van der Waals surface area (Å²) in [5.74, 6) is 0.0199. The first kappa shape index (κ1) is 11.7. The van der Waals surface area contributed by atoms with E-state index in [2.05, 4.69) is 0 Å². The minimum Gasteiger partial charge on any atom is -0.396 e. The van der Waals surface area contributed by atoms with Crippen LogP contribution in [0.25, 0.3) is 0 Å². The van der Waals surface area contributed by atoms with Gasteiger partial charge in [-0.1, -0.05) is 43.3 Å². The largest absolute Gasteiger partial charge is 0.396 e. The van der Waals surface area contributed by atoms with Gasteiger partial charge in [0.25, 0.3) is 0 Å². The molecule has 0 bridgehead atoms. The number of benzene rings is 1. The highest BCUT2D eigenvalue weighted by Crippen LogP contribution is 2.12. The van der Waals surface area contributed by atoms with Gasteiger partial charge in [-0.15, -0.1) is 0 Å². The highest BCUT2D eigenvalue weighted by molar-refractivity contribution is 6.08. The number of hydrogen-bond donors (Lipinski definition) is 1. The van der Waals surface area contributed by atoms with E-state index in [4.69, 9.17) is 5.11 Å². The molecule has 0 spiro atoms. The van der Waals surface area contributed by atoms with Gasteiger partial charge in [0.05, 0.1) is 0 Å². The van der Waals surface area contributed by atoms with E-state index in [0.717, 1.165) is 6.42 Å². The van der Waals surface area contributed by atoms with Gasteiger partial charge in [-0.3, -0.25) is 4.79 Å². The van der Waals surface area contributed by atoms with Gasteiger partial charge >= 0.3 is 0 Å². The van der Waals surface area contributed by atoms with Crippen LogP contribution < -0.4 is 0 Å². The molecule has 0 saturated carbocycles. The van der Waals surface area contributed by atoms with Gasteiger partial charge < -0.3 is 5.11 Å². The van der Waals surface area contributed by atoms with E-state index in [1.54, 1.807) is 12.1 Å². The fourth-order valence-electron chi connectivity index (χ4n) is 1.45. The Morgan fingerprint density at radius 1 is 1.33 bits per heavy atom. The molecule has 0 aromatic heterocycles. The second-order valence-electron chi connectivity index (χ2n) is 3.31. The van der Waals surface area contributed by atoms with Crippen LogP contribution in [0.2, 0.25) is 0 Å². The smallest absolute Gasteiger partial charge is 0.188 e. The first-order chi connectivity index (χ1) is 7.29. The minimum absolute atomic E-state index is 0.0183. The molecule has 1 rings (SSSR count). The van der Waals surface area contributed by atoms with Crippen LogP contribution in [0.15, 0.2) is 42.0 Å². The topological polar surface area (TPSA) is 37.3 Å². The molecule has 0 aliphatic carbocycles. The fourth-order valence-corrected chi connectivity index (χ4v) is 1.45. The molecule has 1 N–H and O–H groups in total. The molecule has 1 aromatic carbocycles. The Labute approximate surface area is 90.3 Å². The lowest BCUT2D eigenvalue weighted by Crippen LogP contribution is -2.05. The molecule has 0 unspecified atom stereocenters. The third-order valence-corrected chi connectivity index (χ3v) is 2.16. The number of allylic oxidation sites excluding steroid dienone is 1. The predicted octanol–water partition coefficient (Wildman–Crippen LogP) is 2.59. The van der Waals surface area contributed by atoms with Crippen molar-refractivity contribution in [3.63, 3.8) is 0 Å². The van der Waals surface area contributed by atoms with Crippen LogP contribution in [-0.4, -0.2) is 17.5 Å². The van der Waals surface area contributed by atoms with Crippen LogP contribution in [0.5, 0.6) is 0 Å². The molecule has 0 fully saturated rings. The number of hydrogen-bond acceptors (Lipinski definition) is 2. The SMILES string of the molecule is CC/C=C(\CCO)C(=O)c1ccccc1. The first-order valence-corrected chi connectivity index (χ1v) is 5.19. The summed E-state index contributed by atoms with van der Waals surface area (Å²) in [5.41, 5.74) is 1.39. The number of carbonyl (C=O) groups excluding carboxylic acids is 1. The quantitative estimate of drug-likeness (QED) is 0.591. The van der Waals surface area contributed by atoms with Gasteiger partial charge in [0.2, 0.25) is 0 Å². The summed E-state index contributed by atoms with van der Waals surface area (Å²) in [6.45, 7) is 2.00. The van der Waals surface area contributed by atoms with E-state index in [1.165, 1.54) is 0 Å². The monoisotopic (exact) mass is 204 g/mol. The fraction of sp³-hybridized carbons (Fsp3) is 0.308. The van der Waals surface area contributed by atoms with Gasteiger partial charge in [-0.2, -0.15) is 0 Å². The second-order valence-corrected chi connectivity index (χ2v) is 3.31. The molecule has 0 radical (unpaired) electrons. The van der Waals surface area contributed by atoms with E-state index in [9.17, 15) is 4.79 Å². The number of ketones is 1. The van der Waals surface area contributed by atoms with Crippen molar-refractivity contribution in [2.75, 3.05) is 6.61 Å². The Morgan fingerprint density at radius 3 is 2.53 bits per heavy atom. The van der Waals surface area contributed by atoms with Gasteiger partial charge in [0.15, 0.2) is 5.78 Å². The zero-order valence-corrected chi connectivity index (χ0v) is 8.94. The third-order valence-electron chi connectivity index (χ3n) is 2.16. The first-order valence-electron chi connectivity index (χ1n) is 5.19. The summed E-state index contributed by atoms with van der Waals surface area (Å²) in [6.07, 6.45) is 3.13. The summed E-state index contributed by atoms with van der Waals surface area (Å²) in [7, 11) is 0. The average molecular weight is 204 g/mol. The Morgan fingerprint density at radius 2 is 2.00 bits per heavy atom. The molecule has 2 heteroatoms. The molecule has 2 nitrogen and oxygen atoms in total. The van der Waals surface area contributed by atoms with Crippen molar-refractivity contribution in [1.82, 2.24) is 0 Å². The molecule has 0 heterocycles. The van der Waals surface area contributed by atoms with Crippen LogP contribution in [-0.2, 0) is 0 Å². The van der Waals surface area contributed by atoms with Crippen molar-refractivity contribution >= 4 is 5.78 Å². The van der Waals surface area contributed by atoms with Crippen LogP contribution in [0.4, 0.5) is 0 Å². The summed E-state index contributed by atoms with van der Waals surface area (Å²) < 4.78 is 0.